The third-order valence-electron chi connectivity index (χ3n) is 4.49. The van der Waals surface area contributed by atoms with Gasteiger partial charge in [-0.1, -0.05) is 20.8 Å². The summed E-state index contributed by atoms with van der Waals surface area (Å²) in [5.41, 5.74) is 1.92. The first-order valence-electron chi connectivity index (χ1n) is 8.76. The van der Waals surface area contributed by atoms with Crippen LogP contribution >= 0.6 is 0 Å². The Balaban J connectivity index is 3.16. The molecule has 1 amide bonds. The van der Waals surface area contributed by atoms with E-state index in [1.807, 2.05) is 0 Å². The highest BCUT2D eigenvalue weighted by atomic mass is 16.5. The second kappa shape index (κ2) is 8.83. The zero-order valence-corrected chi connectivity index (χ0v) is 16.4. The topological polar surface area (TPSA) is 79.5 Å². The molecule has 1 aromatic rings. The standard InChI is InChI=1S/C19H30N2O4/c1-8-15(22)21(10-9-11(2)3)14(6)18(23)16-12(4)17(19(24)25-7)20-13(16)5/h11,14,20H,8-10H2,1-7H3. The molecule has 1 aromatic heterocycles. The molecule has 0 spiro atoms. The van der Waals surface area contributed by atoms with Crippen LogP contribution in [-0.4, -0.2) is 47.2 Å². The van der Waals surface area contributed by atoms with Gasteiger partial charge < -0.3 is 14.6 Å². The van der Waals surface area contributed by atoms with Crippen molar-refractivity contribution in [1.29, 1.82) is 0 Å². The summed E-state index contributed by atoms with van der Waals surface area (Å²) >= 11 is 0. The molecular weight excluding hydrogens is 320 g/mol. The fourth-order valence-corrected chi connectivity index (χ4v) is 2.91. The van der Waals surface area contributed by atoms with Gasteiger partial charge in [-0.05, 0) is 38.7 Å². The Bertz CT molecular complexity index is 646. The predicted octanol–water partition coefficient (Wildman–Crippen LogP) is 3.27. The van der Waals surface area contributed by atoms with Gasteiger partial charge in [0, 0.05) is 24.2 Å². The summed E-state index contributed by atoms with van der Waals surface area (Å²) in [7, 11) is 1.30. The number of H-pyrrole nitrogens is 1. The summed E-state index contributed by atoms with van der Waals surface area (Å²) in [6.07, 6.45) is 1.19. The average Bonchev–Trinajstić information content (AvgIpc) is 2.87. The van der Waals surface area contributed by atoms with Crippen molar-refractivity contribution >= 4 is 17.7 Å². The molecule has 6 nitrogen and oxygen atoms in total. The molecule has 140 valence electrons. The van der Waals surface area contributed by atoms with Crippen LogP contribution in [0.1, 0.15) is 72.6 Å². The maximum Gasteiger partial charge on any atom is 0.354 e. The summed E-state index contributed by atoms with van der Waals surface area (Å²) in [6, 6.07) is -0.579. The maximum absolute atomic E-state index is 13.1. The van der Waals surface area contributed by atoms with Crippen LogP contribution in [0.3, 0.4) is 0 Å². The van der Waals surface area contributed by atoms with Crippen molar-refractivity contribution in [2.75, 3.05) is 13.7 Å². The van der Waals surface area contributed by atoms with E-state index in [2.05, 4.69) is 18.8 Å². The summed E-state index contributed by atoms with van der Waals surface area (Å²) in [5, 5.41) is 0. The number of rotatable bonds is 8. The van der Waals surface area contributed by atoms with Crippen molar-refractivity contribution in [1.82, 2.24) is 9.88 Å². The van der Waals surface area contributed by atoms with E-state index in [1.54, 1.807) is 32.6 Å². The van der Waals surface area contributed by atoms with E-state index >= 15 is 0 Å². The average molecular weight is 350 g/mol. The Morgan fingerprint density at radius 3 is 2.24 bits per heavy atom. The van der Waals surface area contributed by atoms with Gasteiger partial charge in [0.15, 0.2) is 5.78 Å². The van der Waals surface area contributed by atoms with E-state index in [9.17, 15) is 14.4 Å². The van der Waals surface area contributed by atoms with Gasteiger partial charge in [0.25, 0.3) is 0 Å². The largest absolute Gasteiger partial charge is 0.464 e. The first-order chi connectivity index (χ1) is 11.6. The van der Waals surface area contributed by atoms with Crippen LogP contribution in [0.5, 0.6) is 0 Å². The number of carbonyl (C=O) groups is 3. The summed E-state index contributed by atoms with van der Waals surface area (Å²) in [4.78, 5) is 41.8. The molecule has 0 fully saturated rings. The molecule has 0 aromatic carbocycles. The van der Waals surface area contributed by atoms with Crippen LogP contribution in [0.15, 0.2) is 0 Å². The molecule has 1 atom stereocenters. The maximum atomic E-state index is 13.1. The SMILES string of the molecule is CCC(=O)N(CCC(C)C)C(C)C(=O)c1c(C)[nH]c(C(=O)OC)c1C. The molecule has 0 radical (unpaired) electrons. The molecule has 0 saturated heterocycles. The fourth-order valence-electron chi connectivity index (χ4n) is 2.91. The van der Waals surface area contributed by atoms with Gasteiger partial charge in [-0.25, -0.2) is 4.79 Å². The highest BCUT2D eigenvalue weighted by molar-refractivity contribution is 6.06. The number of ether oxygens (including phenoxy) is 1. The first-order valence-corrected chi connectivity index (χ1v) is 8.76. The van der Waals surface area contributed by atoms with Crippen LogP contribution in [-0.2, 0) is 9.53 Å². The zero-order valence-electron chi connectivity index (χ0n) is 16.4. The number of aryl methyl sites for hydroxylation is 1. The summed E-state index contributed by atoms with van der Waals surface area (Å²) in [6.45, 7) is 11.7. The number of aromatic nitrogens is 1. The van der Waals surface area contributed by atoms with Gasteiger partial charge in [-0.15, -0.1) is 0 Å². The van der Waals surface area contributed by atoms with Crippen LogP contribution in [0.2, 0.25) is 0 Å². The lowest BCUT2D eigenvalue weighted by molar-refractivity contribution is -0.132. The lowest BCUT2D eigenvalue weighted by Gasteiger charge is -2.29. The first kappa shape index (κ1) is 20.9. The second-order valence-corrected chi connectivity index (χ2v) is 6.78. The fraction of sp³-hybridized carbons (Fsp3) is 0.632. The number of esters is 1. The van der Waals surface area contributed by atoms with E-state index in [0.717, 1.165) is 6.42 Å². The third-order valence-corrected chi connectivity index (χ3v) is 4.49. The summed E-state index contributed by atoms with van der Waals surface area (Å²) < 4.78 is 4.75. The van der Waals surface area contributed by atoms with E-state index in [-0.39, 0.29) is 17.4 Å². The number of aromatic amines is 1. The second-order valence-electron chi connectivity index (χ2n) is 6.78. The molecule has 25 heavy (non-hydrogen) atoms. The Kier molecular flexibility index (Phi) is 7.39. The number of nitrogens with one attached hydrogen (secondary N) is 1. The van der Waals surface area contributed by atoms with Crippen molar-refractivity contribution in [3.8, 4) is 0 Å². The number of ketones is 1. The van der Waals surface area contributed by atoms with Crippen LogP contribution in [0, 0.1) is 19.8 Å². The van der Waals surface area contributed by atoms with Crippen molar-refractivity contribution in [3.05, 3.63) is 22.5 Å². The number of nitrogens with zero attached hydrogens (tertiary/aromatic N) is 1. The molecular formula is C19H30N2O4. The Morgan fingerprint density at radius 1 is 1.16 bits per heavy atom. The minimum atomic E-state index is -0.579. The Hall–Kier alpha value is -2.11. The number of hydrogen-bond acceptors (Lipinski definition) is 4. The van der Waals surface area contributed by atoms with Gasteiger partial charge in [0.05, 0.1) is 13.2 Å². The van der Waals surface area contributed by atoms with Gasteiger partial charge in [0.2, 0.25) is 5.91 Å². The highest BCUT2D eigenvalue weighted by Crippen LogP contribution is 2.22. The number of methoxy groups -OCH3 is 1. The van der Waals surface area contributed by atoms with Gasteiger partial charge in [0.1, 0.15) is 5.69 Å². The monoisotopic (exact) mass is 350 g/mol. The number of amides is 1. The Morgan fingerprint density at radius 2 is 1.76 bits per heavy atom. The lowest BCUT2D eigenvalue weighted by Crippen LogP contribution is -2.44. The molecule has 0 aliphatic carbocycles. The molecule has 1 unspecified atom stereocenters. The van der Waals surface area contributed by atoms with Gasteiger partial charge in [-0.2, -0.15) is 0 Å². The zero-order chi connectivity index (χ0) is 19.3. The highest BCUT2D eigenvalue weighted by Gasteiger charge is 2.30. The van der Waals surface area contributed by atoms with Crippen molar-refractivity contribution in [2.24, 2.45) is 5.92 Å². The van der Waals surface area contributed by atoms with E-state index in [1.165, 1.54) is 7.11 Å². The minimum absolute atomic E-state index is 0.0412. The molecule has 1 heterocycles. The molecule has 0 saturated carbocycles. The lowest BCUT2D eigenvalue weighted by atomic mass is 9.99. The molecule has 1 rings (SSSR count). The predicted molar refractivity (Wildman–Crippen MR) is 96.9 cm³/mol. The van der Waals surface area contributed by atoms with Crippen LogP contribution in [0.25, 0.3) is 0 Å². The van der Waals surface area contributed by atoms with Crippen LogP contribution < -0.4 is 0 Å². The quantitative estimate of drug-likeness (QED) is 0.576. The molecule has 1 N–H and O–H groups in total. The third kappa shape index (κ3) is 4.71. The van der Waals surface area contributed by atoms with Crippen molar-refractivity contribution in [3.63, 3.8) is 0 Å². The molecule has 0 aliphatic heterocycles. The molecule has 0 bridgehead atoms. The van der Waals surface area contributed by atoms with Gasteiger partial charge >= 0.3 is 5.97 Å². The molecule has 0 aliphatic rings. The Labute approximate surface area is 149 Å². The number of Topliss-reactive ketones (excluding diaryl/α,β-unsaturated/α-hetero) is 1. The number of carbonyl (C=O) groups excluding carboxylic acids is 3. The van der Waals surface area contributed by atoms with Crippen LogP contribution in [0.4, 0.5) is 0 Å². The van der Waals surface area contributed by atoms with Crippen molar-refractivity contribution in [2.45, 2.75) is 60.4 Å². The van der Waals surface area contributed by atoms with E-state index < -0.39 is 12.0 Å². The van der Waals surface area contributed by atoms with E-state index in [4.69, 9.17) is 4.74 Å². The molecule has 6 heteroatoms. The normalized spacial score (nSPS) is 12.2. The van der Waals surface area contributed by atoms with E-state index in [0.29, 0.717) is 35.7 Å². The van der Waals surface area contributed by atoms with Crippen molar-refractivity contribution < 1.29 is 19.1 Å². The van der Waals surface area contributed by atoms with Gasteiger partial charge in [-0.3, -0.25) is 9.59 Å². The minimum Gasteiger partial charge on any atom is -0.464 e. The summed E-state index contributed by atoms with van der Waals surface area (Å²) in [5.74, 6) is -0.266. The smallest absolute Gasteiger partial charge is 0.354 e. The number of hydrogen-bond donors (Lipinski definition) is 1.